The number of pyridine rings is 1. The van der Waals surface area contributed by atoms with Crippen LogP contribution < -0.4 is 11.1 Å². The van der Waals surface area contributed by atoms with Crippen LogP contribution in [0.15, 0.2) is 18.3 Å². The van der Waals surface area contributed by atoms with Gasteiger partial charge in [0.1, 0.15) is 10.8 Å². The van der Waals surface area contributed by atoms with Gasteiger partial charge in [-0.25, -0.2) is 4.98 Å². The third kappa shape index (κ3) is 3.82. The summed E-state index contributed by atoms with van der Waals surface area (Å²) in [4.78, 5) is 15.2. The van der Waals surface area contributed by atoms with Crippen molar-refractivity contribution in [2.24, 2.45) is 5.73 Å². The number of hydrogen-bond acceptors (Lipinski definition) is 5. The molecule has 6 heteroatoms. The van der Waals surface area contributed by atoms with Gasteiger partial charge in [0.05, 0.1) is 13.5 Å². The first-order chi connectivity index (χ1) is 7.63. The van der Waals surface area contributed by atoms with Crippen LogP contribution in [0.4, 0.5) is 5.82 Å². The van der Waals surface area contributed by atoms with Crippen LogP contribution >= 0.6 is 12.2 Å². The summed E-state index contributed by atoms with van der Waals surface area (Å²) in [5, 5.41) is 2.98. The molecule has 86 valence electrons. The second-order valence-electron chi connectivity index (χ2n) is 3.05. The van der Waals surface area contributed by atoms with E-state index in [1.807, 2.05) is 0 Å². The van der Waals surface area contributed by atoms with Crippen molar-refractivity contribution in [3.05, 3.63) is 23.9 Å². The van der Waals surface area contributed by atoms with Crippen molar-refractivity contribution < 1.29 is 9.53 Å². The van der Waals surface area contributed by atoms with Crippen molar-refractivity contribution in [2.45, 2.75) is 6.42 Å². The Morgan fingerprint density at radius 3 is 2.88 bits per heavy atom. The molecule has 0 aliphatic rings. The SMILES string of the molecule is COC(=O)CCNc1ccc(C(N)=S)cn1. The lowest BCUT2D eigenvalue weighted by Gasteiger charge is -2.05. The number of hydrogen-bond donors (Lipinski definition) is 2. The van der Waals surface area contributed by atoms with E-state index in [1.165, 1.54) is 7.11 Å². The lowest BCUT2D eigenvalue weighted by atomic mass is 10.3. The van der Waals surface area contributed by atoms with Gasteiger partial charge in [-0.3, -0.25) is 4.79 Å². The Labute approximate surface area is 99.0 Å². The molecule has 0 aliphatic heterocycles. The number of anilines is 1. The minimum Gasteiger partial charge on any atom is -0.469 e. The molecule has 1 rings (SSSR count). The Kier molecular flexibility index (Phi) is 4.65. The zero-order valence-corrected chi connectivity index (χ0v) is 9.71. The number of ether oxygens (including phenoxy) is 1. The normalized spacial score (nSPS) is 9.56. The van der Waals surface area contributed by atoms with Crippen LogP contribution in [0.1, 0.15) is 12.0 Å². The molecule has 0 amide bonds. The van der Waals surface area contributed by atoms with Crippen molar-refractivity contribution in [3.63, 3.8) is 0 Å². The maximum atomic E-state index is 10.8. The molecule has 0 radical (unpaired) electrons. The summed E-state index contributed by atoms with van der Waals surface area (Å²) >= 11 is 4.80. The summed E-state index contributed by atoms with van der Waals surface area (Å²) in [6.07, 6.45) is 1.89. The fourth-order valence-electron chi connectivity index (χ4n) is 1.04. The Morgan fingerprint density at radius 1 is 1.62 bits per heavy atom. The summed E-state index contributed by atoms with van der Waals surface area (Å²) in [5.74, 6) is 0.413. The zero-order chi connectivity index (χ0) is 12.0. The first kappa shape index (κ1) is 12.4. The molecule has 1 aromatic heterocycles. The molecule has 0 fully saturated rings. The Bertz CT molecular complexity index is 378. The molecule has 0 saturated heterocycles. The second-order valence-corrected chi connectivity index (χ2v) is 3.49. The number of nitrogens with one attached hydrogen (secondary N) is 1. The molecule has 0 saturated carbocycles. The van der Waals surface area contributed by atoms with Crippen LogP contribution in [0, 0.1) is 0 Å². The Hall–Kier alpha value is -1.69. The first-order valence-electron chi connectivity index (χ1n) is 4.70. The van der Waals surface area contributed by atoms with E-state index in [0.29, 0.717) is 29.3 Å². The minimum absolute atomic E-state index is 0.257. The highest BCUT2D eigenvalue weighted by molar-refractivity contribution is 7.80. The number of methoxy groups -OCH3 is 1. The molecule has 3 N–H and O–H groups in total. The molecular weight excluding hydrogens is 226 g/mol. The maximum Gasteiger partial charge on any atom is 0.307 e. The van der Waals surface area contributed by atoms with E-state index in [1.54, 1.807) is 18.3 Å². The predicted molar refractivity (Wildman–Crippen MR) is 65.2 cm³/mol. The number of nitrogens with zero attached hydrogens (tertiary/aromatic N) is 1. The topological polar surface area (TPSA) is 77.2 Å². The van der Waals surface area contributed by atoms with E-state index in [4.69, 9.17) is 18.0 Å². The summed E-state index contributed by atoms with van der Waals surface area (Å²) in [5.41, 5.74) is 6.15. The number of nitrogens with two attached hydrogens (primary N) is 1. The summed E-state index contributed by atoms with van der Waals surface area (Å²) in [6, 6.07) is 3.53. The van der Waals surface area contributed by atoms with Gasteiger partial charge in [0.25, 0.3) is 0 Å². The van der Waals surface area contributed by atoms with Gasteiger partial charge in [-0.1, -0.05) is 12.2 Å². The van der Waals surface area contributed by atoms with Gasteiger partial charge in [-0.2, -0.15) is 0 Å². The van der Waals surface area contributed by atoms with Gasteiger partial charge in [-0.15, -0.1) is 0 Å². The van der Waals surface area contributed by atoms with Crippen molar-refractivity contribution in [3.8, 4) is 0 Å². The van der Waals surface area contributed by atoms with Crippen molar-refractivity contribution in [1.82, 2.24) is 4.98 Å². The predicted octanol–water partition coefficient (Wildman–Crippen LogP) is 0.691. The van der Waals surface area contributed by atoms with Gasteiger partial charge in [0, 0.05) is 18.3 Å². The van der Waals surface area contributed by atoms with Crippen molar-refractivity contribution in [2.75, 3.05) is 19.0 Å². The second kappa shape index (κ2) is 6.02. The molecule has 1 heterocycles. The number of carbonyl (C=O) groups is 1. The van der Waals surface area contributed by atoms with E-state index in [-0.39, 0.29) is 5.97 Å². The molecule has 1 aromatic rings. The maximum absolute atomic E-state index is 10.8. The van der Waals surface area contributed by atoms with Gasteiger partial charge in [-0.05, 0) is 12.1 Å². The van der Waals surface area contributed by atoms with Crippen molar-refractivity contribution >= 4 is 29.0 Å². The molecular formula is C10H13N3O2S. The fourth-order valence-corrected chi connectivity index (χ4v) is 1.16. The van der Waals surface area contributed by atoms with Gasteiger partial charge >= 0.3 is 5.97 Å². The van der Waals surface area contributed by atoms with Crippen LogP contribution in [0.2, 0.25) is 0 Å². The molecule has 16 heavy (non-hydrogen) atoms. The zero-order valence-electron chi connectivity index (χ0n) is 8.90. The quantitative estimate of drug-likeness (QED) is 0.581. The average molecular weight is 239 g/mol. The molecule has 5 nitrogen and oxygen atoms in total. The Morgan fingerprint density at radius 2 is 2.38 bits per heavy atom. The highest BCUT2D eigenvalue weighted by atomic mass is 32.1. The molecule has 0 atom stereocenters. The van der Waals surface area contributed by atoms with Crippen LogP contribution in [0.3, 0.4) is 0 Å². The molecule has 0 spiro atoms. The Balaban J connectivity index is 2.43. The lowest BCUT2D eigenvalue weighted by molar-refractivity contribution is -0.140. The summed E-state index contributed by atoms with van der Waals surface area (Å²) in [7, 11) is 1.36. The van der Waals surface area contributed by atoms with Crippen LogP contribution in [0.25, 0.3) is 0 Å². The minimum atomic E-state index is -0.257. The van der Waals surface area contributed by atoms with E-state index < -0.39 is 0 Å². The van der Waals surface area contributed by atoms with Gasteiger partial charge in [0.2, 0.25) is 0 Å². The summed E-state index contributed by atoms with van der Waals surface area (Å²) in [6.45, 7) is 0.478. The van der Waals surface area contributed by atoms with Crippen LogP contribution in [0.5, 0.6) is 0 Å². The van der Waals surface area contributed by atoms with Gasteiger partial charge < -0.3 is 15.8 Å². The van der Waals surface area contributed by atoms with E-state index in [0.717, 1.165) is 0 Å². The average Bonchev–Trinajstić information content (AvgIpc) is 2.29. The van der Waals surface area contributed by atoms with Crippen LogP contribution in [-0.4, -0.2) is 29.6 Å². The van der Waals surface area contributed by atoms with Crippen molar-refractivity contribution in [1.29, 1.82) is 0 Å². The first-order valence-corrected chi connectivity index (χ1v) is 5.11. The number of thiocarbonyl (C=S) groups is 1. The third-order valence-electron chi connectivity index (χ3n) is 1.91. The van der Waals surface area contributed by atoms with Gasteiger partial charge in [0.15, 0.2) is 0 Å². The molecule has 0 bridgehead atoms. The van der Waals surface area contributed by atoms with E-state index >= 15 is 0 Å². The number of rotatable bonds is 5. The third-order valence-corrected chi connectivity index (χ3v) is 2.15. The summed E-state index contributed by atoms with van der Waals surface area (Å²) < 4.78 is 4.51. The largest absolute Gasteiger partial charge is 0.469 e. The molecule has 0 unspecified atom stereocenters. The number of carbonyl (C=O) groups excluding carboxylic acids is 1. The highest BCUT2D eigenvalue weighted by Gasteiger charge is 2.00. The fraction of sp³-hybridized carbons (Fsp3) is 0.300. The highest BCUT2D eigenvalue weighted by Crippen LogP contribution is 2.04. The van der Waals surface area contributed by atoms with E-state index in [9.17, 15) is 4.79 Å². The van der Waals surface area contributed by atoms with Crippen LogP contribution in [-0.2, 0) is 9.53 Å². The monoisotopic (exact) mass is 239 g/mol. The molecule has 0 aliphatic carbocycles. The lowest BCUT2D eigenvalue weighted by Crippen LogP contribution is -2.12. The number of aromatic nitrogens is 1. The molecule has 0 aromatic carbocycles. The number of esters is 1. The van der Waals surface area contributed by atoms with E-state index in [2.05, 4.69) is 15.0 Å². The standard InChI is InChI=1S/C10H13N3O2S/c1-15-9(14)4-5-12-8-3-2-7(6-13-8)10(11)16/h2-3,6H,4-5H2,1H3,(H2,11,16)(H,12,13). The smallest absolute Gasteiger partial charge is 0.307 e.